The molecule has 2 N–H and O–H groups in total. The minimum Gasteiger partial charge on any atom is -0.369 e. The fraction of sp³-hybridized carbons (Fsp3) is 0.667. The molecular weight excluding hydrogens is 294 g/mol. The molecule has 3 nitrogen and oxygen atoms in total. The minimum atomic E-state index is -0.241. The monoisotopic (exact) mass is 317 g/mol. The predicted octanol–water partition coefficient (Wildman–Crippen LogP) is 3.56. The van der Waals surface area contributed by atoms with Crippen LogP contribution in [0.15, 0.2) is 11.4 Å². The summed E-state index contributed by atoms with van der Waals surface area (Å²) < 4.78 is 0. The van der Waals surface area contributed by atoms with Crippen molar-refractivity contribution in [2.24, 2.45) is 34.8 Å². The number of nitrogens with two attached hydrogens (primary N) is 1. The molecule has 2 unspecified atom stereocenters. The van der Waals surface area contributed by atoms with Gasteiger partial charge in [-0.1, -0.05) is 0 Å². The molecule has 4 bridgehead atoms. The number of carbonyl (C=O) groups is 2. The molecule has 4 saturated carbocycles. The second kappa shape index (κ2) is 4.92. The van der Waals surface area contributed by atoms with E-state index in [0.29, 0.717) is 35.9 Å². The van der Waals surface area contributed by atoms with Crippen molar-refractivity contribution in [3.05, 3.63) is 21.9 Å². The van der Waals surface area contributed by atoms with E-state index in [9.17, 15) is 9.59 Å². The highest BCUT2D eigenvalue weighted by atomic mass is 32.1. The molecule has 1 amide bonds. The van der Waals surface area contributed by atoms with Crippen molar-refractivity contribution in [1.82, 2.24) is 0 Å². The molecule has 1 heterocycles. The first-order chi connectivity index (χ1) is 10.5. The zero-order valence-corrected chi connectivity index (χ0v) is 13.8. The average molecular weight is 317 g/mol. The Labute approximate surface area is 135 Å². The van der Waals surface area contributed by atoms with Crippen molar-refractivity contribution in [3.8, 4) is 0 Å². The van der Waals surface area contributed by atoms with E-state index >= 15 is 0 Å². The first-order valence-electron chi connectivity index (χ1n) is 8.35. The van der Waals surface area contributed by atoms with Gasteiger partial charge < -0.3 is 5.73 Å². The van der Waals surface area contributed by atoms with Crippen LogP contribution in [0.4, 0.5) is 0 Å². The van der Waals surface area contributed by atoms with Crippen LogP contribution in [-0.4, -0.2) is 11.7 Å². The van der Waals surface area contributed by atoms with Gasteiger partial charge in [0.15, 0.2) is 5.78 Å². The zero-order valence-electron chi connectivity index (χ0n) is 13.0. The van der Waals surface area contributed by atoms with Gasteiger partial charge in [-0.15, -0.1) is 11.3 Å². The van der Waals surface area contributed by atoms with Crippen LogP contribution in [0.1, 0.15) is 53.8 Å². The molecule has 0 aliphatic heterocycles. The van der Waals surface area contributed by atoms with Crippen LogP contribution >= 0.6 is 11.3 Å². The van der Waals surface area contributed by atoms with E-state index in [4.69, 9.17) is 5.73 Å². The Morgan fingerprint density at radius 2 is 1.95 bits per heavy atom. The van der Waals surface area contributed by atoms with Crippen LogP contribution in [0.25, 0.3) is 0 Å². The molecule has 118 valence electrons. The number of primary amides is 1. The number of hydrogen-bond donors (Lipinski definition) is 1. The Bertz CT molecular complexity index is 619. The highest BCUT2D eigenvalue weighted by Crippen LogP contribution is 2.62. The lowest BCUT2D eigenvalue weighted by molar-refractivity contribution is -0.149. The van der Waals surface area contributed by atoms with Crippen molar-refractivity contribution in [2.45, 2.75) is 45.4 Å². The fourth-order valence-corrected chi connectivity index (χ4v) is 6.51. The maximum atomic E-state index is 12.6. The SMILES string of the molecule is Cc1csc(C(=O)CC2C3CC4CC2CC(C(N)=O)(C4)C3)c1. The summed E-state index contributed by atoms with van der Waals surface area (Å²) in [6, 6.07) is 2.01. The summed E-state index contributed by atoms with van der Waals surface area (Å²) in [6.45, 7) is 2.03. The van der Waals surface area contributed by atoms with Gasteiger partial charge in [0.2, 0.25) is 5.91 Å². The van der Waals surface area contributed by atoms with E-state index in [1.165, 1.54) is 18.4 Å². The molecule has 5 rings (SSSR count). The lowest BCUT2D eigenvalue weighted by Crippen LogP contribution is -2.56. The Kier molecular flexibility index (Phi) is 3.23. The standard InChI is InChI=1S/C18H23NO2S/c1-10-2-16(22-9-10)15(20)5-14-12-3-11-4-13(14)8-18(6-11,7-12)17(19)21/h2,9,11-14H,3-8H2,1H3,(H2,19,21). The molecule has 22 heavy (non-hydrogen) atoms. The Hall–Kier alpha value is -1.16. The second-order valence-corrected chi connectivity index (χ2v) is 8.81. The van der Waals surface area contributed by atoms with Crippen molar-refractivity contribution < 1.29 is 9.59 Å². The normalized spacial score (nSPS) is 39.1. The molecule has 0 spiro atoms. The van der Waals surface area contributed by atoms with Crippen molar-refractivity contribution in [3.63, 3.8) is 0 Å². The quantitative estimate of drug-likeness (QED) is 0.863. The number of ketones is 1. The van der Waals surface area contributed by atoms with E-state index in [-0.39, 0.29) is 11.3 Å². The molecule has 0 aromatic carbocycles. The van der Waals surface area contributed by atoms with Crippen LogP contribution in [0.2, 0.25) is 0 Å². The van der Waals surface area contributed by atoms with E-state index in [2.05, 4.69) is 0 Å². The number of carbonyl (C=O) groups excluding carboxylic acids is 2. The molecule has 4 fully saturated rings. The summed E-state index contributed by atoms with van der Waals surface area (Å²) in [6.07, 6.45) is 5.92. The van der Waals surface area contributed by atoms with Crippen LogP contribution < -0.4 is 5.73 Å². The topological polar surface area (TPSA) is 60.2 Å². The van der Waals surface area contributed by atoms with Crippen molar-refractivity contribution in [2.75, 3.05) is 0 Å². The number of hydrogen-bond acceptors (Lipinski definition) is 3. The molecule has 0 radical (unpaired) electrons. The molecule has 1 aromatic rings. The maximum absolute atomic E-state index is 12.6. The number of amides is 1. The van der Waals surface area contributed by atoms with E-state index in [1.807, 2.05) is 18.4 Å². The second-order valence-electron chi connectivity index (χ2n) is 7.89. The van der Waals surface area contributed by atoms with Gasteiger partial charge in [-0.3, -0.25) is 9.59 Å². The van der Waals surface area contributed by atoms with Crippen molar-refractivity contribution in [1.29, 1.82) is 0 Å². The largest absolute Gasteiger partial charge is 0.369 e. The maximum Gasteiger partial charge on any atom is 0.223 e. The number of thiophene rings is 1. The van der Waals surface area contributed by atoms with Gasteiger partial charge in [0, 0.05) is 11.8 Å². The van der Waals surface area contributed by atoms with Gasteiger partial charge in [0.05, 0.1) is 4.88 Å². The fourth-order valence-electron chi connectivity index (χ4n) is 5.66. The molecule has 4 aliphatic carbocycles. The van der Waals surface area contributed by atoms with Crippen molar-refractivity contribution >= 4 is 23.0 Å². The third-order valence-corrected chi connectivity index (χ3v) is 7.51. The molecule has 1 aromatic heterocycles. The van der Waals surface area contributed by atoms with E-state index < -0.39 is 0 Å². The molecule has 4 heteroatoms. The summed E-state index contributed by atoms with van der Waals surface area (Å²) >= 11 is 1.56. The zero-order chi connectivity index (χ0) is 15.5. The third-order valence-electron chi connectivity index (χ3n) is 6.42. The van der Waals surface area contributed by atoms with Crippen LogP contribution in [0, 0.1) is 36.0 Å². The van der Waals surface area contributed by atoms with Gasteiger partial charge >= 0.3 is 0 Å². The molecule has 0 saturated heterocycles. The van der Waals surface area contributed by atoms with Gasteiger partial charge in [-0.2, -0.15) is 0 Å². The summed E-state index contributed by atoms with van der Waals surface area (Å²) in [4.78, 5) is 25.4. The van der Waals surface area contributed by atoms with Crippen LogP contribution in [0.3, 0.4) is 0 Å². The first-order valence-corrected chi connectivity index (χ1v) is 9.23. The first kappa shape index (κ1) is 14.4. The van der Waals surface area contributed by atoms with Crippen LogP contribution in [-0.2, 0) is 4.79 Å². The van der Waals surface area contributed by atoms with E-state index in [1.54, 1.807) is 11.3 Å². The predicted molar refractivity (Wildman–Crippen MR) is 86.7 cm³/mol. The van der Waals surface area contributed by atoms with Gasteiger partial charge in [-0.25, -0.2) is 0 Å². The Morgan fingerprint density at radius 3 is 2.50 bits per heavy atom. The van der Waals surface area contributed by atoms with E-state index in [0.717, 1.165) is 24.1 Å². The highest BCUT2D eigenvalue weighted by molar-refractivity contribution is 7.12. The summed E-state index contributed by atoms with van der Waals surface area (Å²) in [5.74, 6) is 2.40. The lowest BCUT2D eigenvalue weighted by atomic mass is 9.45. The Morgan fingerprint density at radius 1 is 1.27 bits per heavy atom. The smallest absolute Gasteiger partial charge is 0.223 e. The summed E-state index contributed by atoms with van der Waals surface area (Å²) in [7, 11) is 0. The molecule has 4 aliphatic rings. The molecule has 2 atom stereocenters. The number of Topliss-reactive ketones (excluding diaryl/α,β-unsaturated/α-hetero) is 1. The number of rotatable bonds is 4. The lowest BCUT2D eigenvalue weighted by Gasteiger charge is -2.59. The van der Waals surface area contributed by atoms with Gasteiger partial charge in [0.1, 0.15) is 0 Å². The third kappa shape index (κ3) is 2.15. The summed E-state index contributed by atoms with van der Waals surface area (Å²) in [5.41, 5.74) is 6.66. The minimum absolute atomic E-state index is 0.0921. The van der Waals surface area contributed by atoms with Crippen LogP contribution in [0.5, 0.6) is 0 Å². The number of aryl methyl sites for hydroxylation is 1. The molecular formula is C18H23NO2S. The van der Waals surface area contributed by atoms with Gasteiger partial charge in [0.25, 0.3) is 0 Å². The highest BCUT2D eigenvalue weighted by Gasteiger charge is 2.57. The Balaban J connectivity index is 1.53. The van der Waals surface area contributed by atoms with Gasteiger partial charge in [-0.05, 0) is 79.7 Å². The average Bonchev–Trinajstić information content (AvgIpc) is 2.88. The summed E-state index contributed by atoms with van der Waals surface area (Å²) in [5, 5.41) is 2.05.